The molecule has 0 radical (unpaired) electrons. The van der Waals surface area contributed by atoms with E-state index >= 15 is 0 Å². The molecule has 0 aliphatic heterocycles. The molecule has 0 fully saturated rings. The van der Waals surface area contributed by atoms with Crippen molar-refractivity contribution < 1.29 is 0 Å². The number of anilines is 1. The Hall–Kier alpha value is -1.28. The van der Waals surface area contributed by atoms with E-state index in [1.165, 1.54) is 11.1 Å². The molecule has 0 amide bonds. The second-order valence-corrected chi connectivity index (χ2v) is 6.10. The lowest BCUT2D eigenvalue weighted by atomic mass is 10.0. The minimum atomic E-state index is 0.712. The third-order valence-electron chi connectivity index (χ3n) is 3.02. The maximum atomic E-state index is 3.55. The Morgan fingerprint density at radius 3 is 2.21 bits per heavy atom. The first kappa shape index (κ1) is 14.1. The number of rotatable bonds is 5. The van der Waals surface area contributed by atoms with E-state index in [2.05, 4.69) is 65.4 Å². The van der Waals surface area contributed by atoms with Crippen molar-refractivity contribution in [3.8, 4) is 0 Å². The van der Waals surface area contributed by atoms with Gasteiger partial charge in [-0.25, -0.2) is 0 Å². The van der Waals surface area contributed by atoms with Gasteiger partial charge in [0.05, 0.1) is 0 Å². The summed E-state index contributed by atoms with van der Waals surface area (Å²) in [4.78, 5) is 0. The van der Waals surface area contributed by atoms with Crippen LogP contribution in [-0.4, -0.2) is 0 Å². The van der Waals surface area contributed by atoms with E-state index in [1.807, 2.05) is 18.2 Å². The predicted molar refractivity (Wildman–Crippen MR) is 86.5 cm³/mol. The van der Waals surface area contributed by atoms with E-state index in [9.17, 15) is 0 Å². The maximum absolute atomic E-state index is 3.55. The van der Waals surface area contributed by atoms with Gasteiger partial charge in [0.25, 0.3) is 0 Å². The van der Waals surface area contributed by atoms with Gasteiger partial charge in [0, 0.05) is 16.7 Å². The van der Waals surface area contributed by atoms with Crippen LogP contribution in [0.2, 0.25) is 0 Å². The van der Waals surface area contributed by atoms with Crippen LogP contribution in [-0.2, 0) is 13.0 Å². The Bertz CT molecular complexity index is 517. The first-order chi connectivity index (χ1) is 9.15. The van der Waals surface area contributed by atoms with Crippen molar-refractivity contribution in [2.75, 3.05) is 5.32 Å². The van der Waals surface area contributed by atoms with Crippen LogP contribution in [0.25, 0.3) is 0 Å². The van der Waals surface area contributed by atoms with Crippen LogP contribution in [0.15, 0.2) is 53.0 Å². The van der Waals surface area contributed by atoms with Gasteiger partial charge in [-0.05, 0) is 51.5 Å². The van der Waals surface area contributed by atoms with Gasteiger partial charge in [0.15, 0.2) is 0 Å². The van der Waals surface area contributed by atoms with Crippen molar-refractivity contribution in [2.45, 2.75) is 26.8 Å². The van der Waals surface area contributed by atoms with E-state index in [1.54, 1.807) is 0 Å². The first-order valence-electron chi connectivity index (χ1n) is 6.71. The van der Waals surface area contributed by atoms with Gasteiger partial charge in [-0.1, -0.05) is 50.2 Å². The van der Waals surface area contributed by atoms with Crippen molar-refractivity contribution in [3.63, 3.8) is 0 Å². The number of halogens is 1. The highest BCUT2D eigenvalue weighted by Gasteiger charge is 2.00. The molecule has 2 heteroatoms. The van der Waals surface area contributed by atoms with Gasteiger partial charge in [-0.15, -0.1) is 0 Å². The summed E-state index contributed by atoms with van der Waals surface area (Å²) in [5.74, 6) is 0.712. The third kappa shape index (κ3) is 4.39. The summed E-state index contributed by atoms with van der Waals surface area (Å²) in [6.45, 7) is 5.36. The van der Waals surface area contributed by atoms with Crippen molar-refractivity contribution in [3.05, 3.63) is 64.1 Å². The zero-order chi connectivity index (χ0) is 13.7. The maximum Gasteiger partial charge on any atom is 0.0487 e. The Labute approximate surface area is 124 Å². The molecular weight excluding hydrogens is 298 g/mol. The molecule has 0 aliphatic carbocycles. The number of hydrogen-bond donors (Lipinski definition) is 1. The molecule has 100 valence electrons. The van der Waals surface area contributed by atoms with Gasteiger partial charge < -0.3 is 5.32 Å². The topological polar surface area (TPSA) is 12.0 Å². The van der Waals surface area contributed by atoms with Crippen LogP contribution in [0.5, 0.6) is 0 Å². The van der Waals surface area contributed by atoms with Crippen molar-refractivity contribution in [1.82, 2.24) is 0 Å². The largest absolute Gasteiger partial charge is 0.380 e. The first-order valence-corrected chi connectivity index (χ1v) is 7.50. The normalized spacial score (nSPS) is 10.7. The Kier molecular flexibility index (Phi) is 5.03. The van der Waals surface area contributed by atoms with Crippen LogP contribution in [0.1, 0.15) is 25.0 Å². The summed E-state index contributed by atoms with van der Waals surface area (Å²) in [6.07, 6.45) is 1.15. The summed E-state index contributed by atoms with van der Waals surface area (Å²) >= 11 is 3.55. The number of hydrogen-bond acceptors (Lipinski definition) is 1. The molecule has 0 heterocycles. The molecule has 0 saturated carbocycles. The SMILES string of the molecule is CC(C)Cc1ccc(CNc2ccccc2Br)cc1. The summed E-state index contributed by atoms with van der Waals surface area (Å²) in [5, 5.41) is 3.44. The lowest BCUT2D eigenvalue weighted by Crippen LogP contribution is -2.00. The van der Waals surface area contributed by atoms with Crippen molar-refractivity contribution >= 4 is 21.6 Å². The smallest absolute Gasteiger partial charge is 0.0487 e. The highest BCUT2D eigenvalue weighted by Crippen LogP contribution is 2.22. The number of benzene rings is 2. The molecule has 0 unspecified atom stereocenters. The second-order valence-electron chi connectivity index (χ2n) is 5.25. The standard InChI is InChI=1S/C17H20BrN/c1-13(2)11-14-7-9-15(10-8-14)12-19-17-6-4-3-5-16(17)18/h3-10,13,19H,11-12H2,1-2H3. The molecule has 0 aromatic heterocycles. The van der Waals surface area contributed by atoms with Crippen LogP contribution < -0.4 is 5.32 Å². The molecule has 1 nitrogen and oxygen atoms in total. The molecule has 19 heavy (non-hydrogen) atoms. The van der Waals surface area contributed by atoms with E-state index < -0.39 is 0 Å². The molecule has 0 spiro atoms. The third-order valence-corrected chi connectivity index (χ3v) is 3.72. The van der Waals surface area contributed by atoms with E-state index in [0.717, 1.165) is 23.1 Å². The van der Waals surface area contributed by atoms with Gasteiger partial charge >= 0.3 is 0 Å². The quantitative estimate of drug-likeness (QED) is 0.793. The Balaban J connectivity index is 1.95. The summed E-state index contributed by atoms with van der Waals surface area (Å²) in [6, 6.07) is 17.1. The molecule has 0 aliphatic rings. The lowest BCUT2D eigenvalue weighted by Gasteiger charge is -2.10. The highest BCUT2D eigenvalue weighted by atomic mass is 79.9. The summed E-state index contributed by atoms with van der Waals surface area (Å²) < 4.78 is 1.10. The molecular formula is C17H20BrN. The molecule has 2 aromatic rings. The highest BCUT2D eigenvalue weighted by molar-refractivity contribution is 9.10. The van der Waals surface area contributed by atoms with Crippen LogP contribution in [0.3, 0.4) is 0 Å². The monoisotopic (exact) mass is 317 g/mol. The summed E-state index contributed by atoms with van der Waals surface area (Å²) in [5.41, 5.74) is 3.86. The fourth-order valence-corrected chi connectivity index (χ4v) is 2.49. The average Bonchev–Trinajstić information content (AvgIpc) is 2.39. The van der Waals surface area contributed by atoms with Crippen molar-refractivity contribution in [2.24, 2.45) is 5.92 Å². The molecule has 0 bridgehead atoms. The summed E-state index contributed by atoms with van der Waals surface area (Å²) in [7, 11) is 0. The fourth-order valence-electron chi connectivity index (χ4n) is 2.07. The Morgan fingerprint density at radius 2 is 1.58 bits per heavy atom. The molecule has 0 atom stereocenters. The van der Waals surface area contributed by atoms with Gasteiger partial charge in [0.2, 0.25) is 0 Å². The fraction of sp³-hybridized carbons (Fsp3) is 0.294. The van der Waals surface area contributed by atoms with Crippen LogP contribution >= 0.6 is 15.9 Å². The van der Waals surface area contributed by atoms with Gasteiger partial charge in [0.1, 0.15) is 0 Å². The van der Waals surface area contributed by atoms with Crippen LogP contribution in [0, 0.1) is 5.92 Å². The van der Waals surface area contributed by atoms with Gasteiger partial charge in [-0.2, -0.15) is 0 Å². The molecule has 2 rings (SSSR count). The number of para-hydroxylation sites is 1. The van der Waals surface area contributed by atoms with E-state index in [4.69, 9.17) is 0 Å². The molecule has 0 saturated heterocycles. The minimum Gasteiger partial charge on any atom is -0.380 e. The van der Waals surface area contributed by atoms with E-state index in [-0.39, 0.29) is 0 Å². The molecule has 1 N–H and O–H groups in total. The zero-order valence-corrected chi connectivity index (χ0v) is 13.1. The molecule has 2 aromatic carbocycles. The zero-order valence-electron chi connectivity index (χ0n) is 11.5. The Morgan fingerprint density at radius 1 is 0.947 bits per heavy atom. The lowest BCUT2D eigenvalue weighted by molar-refractivity contribution is 0.647. The van der Waals surface area contributed by atoms with Crippen LogP contribution in [0.4, 0.5) is 5.69 Å². The minimum absolute atomic E-state index is 0.712. The average molecular weight is 318 g/mol. The second kappa shape index (κ2) is 6.76. The van der Waals surface area contributed by atoms with E-state index in [0.29, 0.717) is 5.92 Å². The van der Waals surface area contributed by atoms with Crippen molar-refractivity contribution in [1.29, 1.82) is 0 Å². The predicted octanol–water partition coefficient (Wildman–Crippen LogP) is 5.26. The number of nitrogens with one attached hydrogen (secondary N) is 1. The van der Waals surface area contributed by atoms with Gasteiger partial charge in [-0.3, -0.25) is 0 Å².